The zero-order valence-electron chi connectivity index (χ0n) is 9.72. The van der Waals surface area contributed by atoms with Gasteiger partial charge >= 0.3 is 0 Å². The lowest BCUT2D eigenvalue weighted by molar-refractivity contribution is 0.0116. The quantitative estimate of drug-likeness (QED) is 0.878. The van der Waals surface area contributed by atoms with Gasteiger partial charge in [0.2, 0.25) is 0 Å². The third-order valence-electron chi connectivity index (χ3n) is 3.52. The summed E-state index contributed by atoms with van der Waals surface area (Å²) < 4.78 is 36.2. The molecule has 0 bridgehead atoms. The molecule has 1 aliphatic rings. The minimum Gasteiger partial charge on any atom is -0.393 e. The van der Waals surface area contributed by atoms with Crippen molar-refractivity contribution in [2.75, 3.05) is 6.26 Å². The summed E-state index contributed by atoms with van der Waals surface area (Å²) in [6.45, 7) is 1.90. The van der Waals surface area contributed by atoms with Crippen LogP contribution in [-0.2, 0) is 9.84 Å². The second kappa shape index (κ2) is 4.07. The highest BCUT2D eigenvalue weighted by atomic mass is 32.2. The summed E-state index contributed by atoms with van der Waals surface area (Å²) in [6, 6.07) is 4.20. The second-order valence-corrected chi connectivity index (χ2v) is 6.71. The maximum absolute atomic E-state index is 13.6. The van der Waals surface area contributed by atoms with Crippen molar-refractivity contribution in [1.82, 2.24) is 0 Å². The van der Waals surface area contributed by atoms with Crippen molar-refractivity contribution in [2.45, 2.75) is 30.3 Å². The van der Waals surface area contributed by atoms with E-state index in [0.29, 0.717) is 6.42 Å². The minimum absolute atomic E-state index is 0.0958. The van der Waals surface area contributed by atoms with Crippen LogP contribution in [0, 0.1) is 11.7 Å². The Morgan fingerprint density at radius 2 is 2.06 bits per heavy atom. The van der Waals surface area contributed by atoms with Crippen molar-refractivity contribution in [2.24, 2.45) is 5.92 Å². The third-order valence-corrected chi connectivity index (χ3v) is 4.65. The smallest absolute Gasteiger partial charge is 0.178 e. The molecule has 1 saturated carbocycles. The molecule has 3 nitrogen and oxygen atoms in total. The van der Waals surface area contributed by atoms with Gasteiger partial charge < -0.3 is 5.11 Å². The average Bonchev–Trinajstić information content (AvgIpc) is 2.23. The summed E-state index contributed by atoms with van der Waals surface area (Å²) in [7, 11) is -3.51. The highest BCUT2D eigenvalue weighted by Crippen LogP contribution is 2.42. The molecule has 1 N–H and O–H groups in total. The van der Waals surface area contributed by atoms with Crippen molar-refractivity contribution < 1.29 is 17.9 Å². The molecule has 1 fully saturated rings. The number of aliphatic hydroxyl groups excluding tert-OH is 1. The molecular weight excluding hydrogens is 243 g/mol. The first kappa shape index (κ1) is 12.5. The lowest BCUT2D eigenvalue weighted by Gasteiger charge is -2.39. The highest BCUT2D eigenvalue weighted by Gasteiger charge is 2.37. The number of hydrogen-bond donors (Lipinski definition) is 1. The molecule has 1 aromatic carbocycles. The van der Waals surface area contributed by atoms with Crippen molar-refractivity contribution >= 4 is 9.84 Å². The lowest BCUT2D eigenvalue weighted by atomic mass is 9.69. The summed E-state index contributed by atoms with van der Waals surface area (Å²) in [5.74, 6) is -0.495. The van der Waals surface area contributed by atoms with Gasteiger partial charge in [0.25, 0.3) is 0 Å². The molecule has 0 heterocycles. The molecule has 2 rings (SSSR count). The molecular formula is C12H15FO3S. The Bertz CT molecular complexity index is 539. The van der Waals surface area contributed by atoms with Crippen LogP contribution in [0.5, 0.6) is 0 Å². The maximum Gasteiger partial charge on any atom is 0.178 e. The van der Waals surface area contributed by atoms with Crippen LogP contribution in [0.15, 0.2) is 23.1 Å². The van der Waals surface area contributed by atoms with Gasteiger partial charge in [0.05, 0.1) is 6.10 Å². The van der Waals surface area contributed by atoms with Gasteiger partial charge in [0.15, 0.2) is 9.84 Å². The summed E-state index contributed by atoms with van der Waals surface area (Å²) in [4.78, 5) is -0.270. The number of halogens is 1. The number of rotatable bonds is 2. The van der Waals surface area contributed by atoms with Crippen LogP contribution in [0.4, 0.5) is 4.39 Å². The van der Waals surface area contributed by atoms with E-state index in [1.54, 1.807) is 6.07 Å². The Labute approximate surface area is 100 Å². The lowest BCUT2D eigenvalue weighted by Crippen LogP contribution is -2.37. The molecule has 0 radical (unpaired) electrons. The van der Waals surface area contributed by atoms with Crippen LogP contribution >= 0.6 is 0 Å². The maximum atomic E-state index is 13.6. The number of hydrogen-bond acceptors (Lipinski definition) is 3. The Kier molecular flexibility index (Phi) is 2.99. The van der Waals surface area contributed by atoms with Crippen molar-refractivity contribution in [3.05, 3.63) is 29.6 Å². The predicted octanol–water partition coefficient (Wildman–Crippen LogP) is 1.71. The van der Waals surface area contributed by atoms with Gasteiger partial charge in [-0.2, -0.15) is 0 Å². The van der Waals surface area contributed by atoms with Gasteiger partial charge in [0, 0.05) is 6.26 Å². The molecule has 1 aliphatic carbocycles. The van der Waals surface area contributed by atoms with Crippen molar-refractivity contribution in [3.8, 4) is 0 Å². The molecule has 0 saturated heterocycles. The standard InChI is InChI=1S/C12H15FO3S/c1-7-9(6-11(7)14)8-3-4-12(10(13)5-8)17(2,15)16/h3-5,7,9,11,14H,6H2,1-2H3. The highest BCUT2D eigenvalue weighted by molar-refractivity contribution is 7.90. The van der Waals surface area contributed by atoms with E-state index in [2.05, 4.69) is 0 Å². The summed E-state index contributed by atoms with van der Waals surface area (Å²) >= 11 is 0. The van der Waals surface area contributed by atoms with E-state index in [1.165, 1.54) is 12.1 Å². The van der Waals surface area contributed by atoms with Crippen LogP contribution in [0.1, 0.15) is 24.8 Å². The van der Waals surface area contributed by atoms with Gasteiger partial charge in [0.1, 0.15) is 10.7 Å². The summed E-state index contributed by atoms with van der Waals surface area (Å²) in [5, 5.41) is 9.41. The monoisotopic (exact) mass is 258 g/mol. The van der Waals surface area contributed by atoms with Gasteiger partial charge in [-0.05, 0) is 36.0 Å². The van der Waals surface area contributed by atoms with Crippen LogP contribution in [0.2, 0.25) is 0 Å². The first-order chi connectivity index (χ1) is 7.80. The van der Waals surface area contributed by atoms with Crippen LogP contribution in [0.3, 0.4) is 0 Å². The molecule has 3 unspecified atom stereocenters. The molecule has 0 aliphatic heterocycles. The van der Waals surface area contributed by atoms with E-state index in [0.717, 1.165) is 11.8 Å². The van der Waals surface area contributed by atoms with Gasteiger partial charge in [-0.1, -0.05) is 13.0 Å². The van der Waals surface area contributed by atoms with Gasteiger partial charge in [-0.25, -0.2) is 12.8 Å². The molecule has 0 aromatic heterocycles. The summed E-state index contributed by atoms with van der Waals surface area (Å²) in [5.41, 5.74) is 0.757. The molecule has 17 heavy (non-hydrogen) atoms. The van der Waals surface area contributed by atoms with Crippen LogP contribution < -0.4 is 0 Å². The topological polar surface area (TPSA) is 54.4 Å². The van der Waals surface area contributed by atoms with Gasteiger partial charge in [-0.3, -0.25) is 0 Å². The third kappa shape index (κ3) is 2.21. The van der Waals surface area contributed by atoms with Crippen LogP contribution in [-0.4, -0.2) is 25.9 Å². The Morgan fingerprint density at radius 1 is 1.41 bits per heavy atom. The average molecular weight is 258 g/mol. The Balaban J connectivity index is 2.33. The fourth-order valence-corrected chi connectivity index (χ4v) is 2.98. The fourth-order valence-electron chi connectivity index (χ4n) is 2.25. The van der Waals surface area contributed by atoms with E-state index in [4.69, 9.17) is 0 Å². The number of benzene rings is 1. The molecule has 1 aromatic rings. The molecule has 0 amide bonds. The second-order valence-electron chi connectivity index (χ2n) is 4.73. The molecule has 94 valence electrons. The van der Waals surface area contributed by atoms with E-state index < -0.39 is 15.7 Å². The Hall–Kier alpha value is -0.940. The van der Waals surface area contributed by atoms with Gasteiger partial charge in [-0.15, -0.1) is 0 Å². The normalized spacial score (nSPS) is 28.8. The zero-order chi connectivity index (χ0) is 12.8. The van der Waals surface area contributed by atoms with E-state index in [1.807, 2.05) is 6.92 Å². The zero-order valence-corrected chi connectivity index (χ0v) is 10.5. The molecule has 3 atom stereocenters. The van der Waals surface area contributed by atoms with Crippen molar-refractivity contribution in [3.63, 3.8) is 0 Å². The predicted molar refractivity (Wildman–Crippen MR) is 62.0 cm³/mol. The van der Waals surface area contributed by atoms with Crippen LogP contribution in [0.25, 0.3) is 0 Å². The van der Waals surface area contributed by atoms with E-state index in [9.17, 15) is 17.9 Å². The fraction of sp³-hybridized carbons (Fsp3) is 0.500. The summed E-state index contributed by atoms with van der Waals surface area (Å²) in [6.07, 6.45) is 1.26. The molecule has 0 spiro atoms. The molecule has 5 heteroatoms. The minimum atomic E-state index is -3.51. The van der Waals surface area contributed by atoms with E-state index in [-0.39, 0.29) is 22.8 Å². The largest absolute Gasteiger partial charge is 0.393 e. The van der Waals surface area contributed by atoms with E-state index >= 15 is 0 Å². The SMILES string of the molecule is CC1C(O)CC1c1ccc(S(C)(=O)=O)c(F)c1. The van der Waals surface area contributed by atoms with Crippen molar-refractivity contribution in [1.29, 1.82) is 0 Å². The Morgan fingerprint density at radius 3 is 2.47 bits per heavy atom. The first-order valence-electron chi connectivity index (χ1n) is 5.48. The number of sulfone groups is 1. The number of aliphatic hydroxyl groups is 1. The first-order valence-corrected chi connectivity index (χ1v) is 7.37.